The molecule has 0 spiro atoms. The average molecular weight is 491 g/mol. The second kappa shape index (κ2) is 24.5. The van der Waals surface area contributed by atoms with Crippen LogP contribution in [0.25, 0.3) is 0 Å². The van der Waals surface area contributed by atoms with Gasteiger partial charge in [0, 0.05) is 6.42 Å². The van der Waals surface area contributed by atoms with Crippen molar-refractivity contribution in [3.8, 4) is 0 Å². The number of rotatable bonds is 23. The van der Waals surface area contributed by atoms with E-state index in [0.29, 0.717) is 6.42 Å². The summed E-state index contributed by atoms with van der Waals surface area (Å²) in [6.45, 7) is 2.34. The first-order valence-electron chi connectivity index (χ1n) is 12.0. The SMILES string of the molecule is CCCCCCCC/C=C\CCCCCCCC(=O)OCCOC(=O)CSSCC(=O)O. The fraction of sp³-hybridized carbons (Fsp3) is 0.792. The number of carboxylic acid groups (broad SMARTS) is 1. The van der Waals surface area contributed by atoms with Crippen LogP contribution in [0.15, 0.2) is 12.2 Å². The molecule has 32 heavy (non-hydrogen) atoms. The minimum Gasteiger partial charge on any atom is -0.481 e. The van der Waals surface area contributed by atoms with E-state index in [-0.39, 0.29) is 30.7 Å². The van der Waals surface area contributed by atoms with Crippen LogP contribution in [0.3, 0.4) is 0 Å². The zero-order chi connectivity index (χ0) is 23.7. The van der Waals surface area contributed by atoms with Gasteiger partial charge < -0.3 is 14.6 Å². The molecule has 0 saturated heterocycles. The number of hydrogen-bond donors (Lipinski definition) is 1. The zero-order valence-electron chi connectivity index (χ0n) is 19.7. The number of hydrogen-bond acceptors (Lipinski definition) is 7. The van der Waals surface area contributed by atoms with Gasteiger partial charge in [0.1, 0.15) is 24.7 Å². The van der Waals surface area contributed by atoms with Crippen LogP contribution in [0.1, 0.15) is 96.8 Å². The zero-order valence-corrected chi connectivity index (χ0v) is 21.3. The Balaban J connectivity index is 3.33. The number of carboxylic acids is 1. The van der Waals surface area contributed by atoms with E-state index in [9.17, 15) is 14.4 Å². The first kappa shape index (κ1) is 30.9. The molecule has 0 aromatic heterocycles. The molecule has 6 nitrogen and oxygen atoms in total. The lowest BCUT2D eigenvalue weighted by atomic mass is 10.1. The van der Waals surface area contributed by atoms with Crippen LogP contribution in [0, 0.1) is 0 Å². The maximum absolute atomic E-state index is 11.7. The molecular weight excluding hydrogens is 448 g/mol. The minimum atomic E-state index is -0.922. The molecule has 0 fully saturated rings. The minimum absolute atomic E-state index is 0.0289. The Morgan fingerprint density at radius 1 is 0.688 bits per heavy atom. The van der Waals surface area contributed by atoms with Gasteiger partial charge in [-0.2, -0.15) is 0 Å². The molecule has 0 unspecified atom stereocenters. The molecule has 0 aromatic carbocycles. The van der Waals surface area contributed by atoms with Crippen molar-refractivity contribution in [2.75, 3.05) is 24.7 Å². The predicted molar refractivity (Wildman–Crippen MR) is 134 cm³/mol. The van der Waals surface area contributed by atoms with Crippen LogP contribution in [0.4, 0.5) is 0 Å². The lowest BCUT2D eigenvalue weighted by molar-refractivity contribution is -0.150. The number of carbonyl (C=O) groups excluding carboxylic acids is 2. The van der Waals surface area contributed by atoms with Crippen LogP contribution >= 0.6 is 21.6 Å². The predicted octanol–water partition coefficient (Wildman–Crippen LogP) is 6.58. The summed E-state index contributed by atoms with van der Waals surface area (Å²) in [4.78, 5) is 33.4. The average Bonchev–Trinajstić information content (AvgIpc) is 2.77. The van der Waals surface area contributed by atoms with Crippen molar-refractivity contribution in [1.82, 2.24) is 0 Å². The second-order valence-electron chi connectivity index (χ2n) is 7.69. The van der Waals surface area contributed by atoms with Crippen molar-refractivity contribution in [2.45, 2.75) is 96.8 Å². The summed E-state index contributed by atoms with van der Waals surface area (Å²) >= 11 is 0. The molecule has 1 N–H and O–H groups in total. The van der Waals surface area contributed by atoms with Gasteiger partial charge in [0.15, 0.2) is 0 Å². The smallest absolute Gasteiger partial charge is 0.316 e. The summed E-state index contributed by atoms with van der Waals surface area (Å²) in [6.07, 6.45) is 20.9. The van der Waals surface area contributed by atoms with E-state index in [1.54, 1.807) is 0 Å². The lowest BCUT2D eigenvalue weighted by Gasteiger charge is -2.06. The van der Waals surface area contributed by atoms with Gasteiger partial charge in [0.2, 0.25) is 0 Å². The van der Waals surface area contributed by atoms with E-state index in [4.69, 9.17) is 14.6 Å². The van der Waals surface area contributed by atoms with E-state index in [0.717, 1.165) is 47.3 Å². The van der Waals surface area contributed by atoms with Gasteiger partial charge in [-0.1, -0.05) is 92.0 Å². The highest BCUT2D eigenvalue weighted by molar-refractivity contribution is 8.77. The molecule has 0 bridgehead atoms. The second-order valence-corrected chi connectivity index (χ2v) is 10.2. The maximum Gasteiger partial charge on any atom is 0.316 e. The van der Waals surface area contributed by atoms with Crippen LogP contribution in [-0.4, -0.2) is 47.7 Å². The highest BCUT2D eigenvalue weighted by Gasteiger charge is 2.07. The van der Waals surface area contributed by atoms with Crippen molar-refractivity contribution >= 4 is 39.5 Å². The van der Waals surface area contributed by atoms with E-state index in [1.807, 2.05) is 0 Å². The first-order valence-corrected chi connectivity index (χ1v) is 14.5. The third-order valence-electron chi connectivity index (χ3n) is 4.69. The molecule has 0 saturated carbocycles. The van der Waals surface area contributed by atoms with Gasteiger partial charge in [0.05, 0.1) is 0 Å². The van der Waals surface area contributed by atoms with Gasteiger partial charge in [-0.15, -0.1) is 0 Å². The number of unbranched alkanes of at least 4 members (excludes halogenated alkanes) is 11. The van der Waals surface area contributed by atoms with Crippen LogP contribution in [0.2, 0.25) is 0 Å². The molecule has 8 heteroatoms. The van der Waals surface area contributed by atoms with Crippen molar-refractivity contribution in [3.63, 3.8) is 0 Å². The van der Waals surface area contributed by atoms with Gasteiger partial charge in [-0.25, -0.2) is 0 Å². The molecule has 0 radical (unpaired) electrons. The van der Waals surface area contributed by atoms with Crippen LogP contribution in [0.5, 0.6) is 0 Å². The number of ether oxygens (including phenoxy) is 2. The number of allylic oxidation sites excluding steroid dienone is 2. The Labute approximate surface area is 202 Å². The molecule has 0 amide bonds. The summed E-state index contributed by atoms with van der Waals surface area (Å²) in [6, 6.07) is 0. The normalized spacial score (nSPS) is 11.0. The third-order valence-corrected chi connectivity index (χ3v) is 6.79. The largest absolute Gasteiger partial charge is 0.481 e. The Bertz CT molecular complexity index is 511. The molecule has 0 aromatic rings. The van der Waals surface area contributed by atoms with E-state index < -0.39 is 11.9 Å². The van der Waals surface area contributed by atoms with E-state index in [1.165, 1.54) is 57.8 Å². The summed E-state index contributed by atoms with van der Waals surface area (Å²) in [5, 5.41) is 8.49. The number of aliphatic carboxylic acids is 1. The van der Waals surface area contributed by atoms with Gasteiger partial charge in [0.25, 0.3) is 0 Å². The topological polar surface area (TPSA) is 89.9 Å². The molecule has 0 aliphatic rings. The van der Waals surface area contributed by atoms with Gasteiger partial charge >= 0.3 is 17.9 Å². The fourth-order valence-electron chi connectivity index (χ4n) is 2.95. The monoisotopic (exact) mass is 490 g/mol. The number of carbonyl (C=O) groups is 3. The lowest BCUT2D eigenvalue weighted by Crippen LogP contribution is -2.14. The molecule has 186 valence electrons. The fourth-order valence-corrected chi connectivity index (χ4v) is 4.48. The quantitative estimate of drug-likeness (QED) is 0.0743. The molecule has 0 heterocycles. The highest BCUT2D eigenvalue weighted by atomic mass is 33.1. The third kappa shape index (κ3) is 25.1. The summed E-state index contributed by atoms with van der Waals surface area (Å²) < 4.78 is 9.98. The Kier molecular flexibility index (Phi) is 23.6. The van der Waals surface area contributed by atoms with Gasteiger partial charge in [-0.05, 0) is 32.1 Å². The van der Waals surface area contributed by atoms with Crippen LogP contribution in [-0.2, 0) is 23.9 Å². The molecule has 0 aliphatic carbocycles. The summed E-state index contributed by atoms with van der Waals surface area (Å²) in [5.74, 6) is -1.62. The molecule has 0 aliphatic heterocycles. The number of esters is 2. The molecule has 0 atom stereocenters. The Morgan fingerprint density at radius 2 is 1.19 bits per heavy atom. The maximum atomic E-state index is 11.7. The van der Waals surface area contributed by atoms with Crippen molar-refractivity contribution < 1.29 is 29.0 Å². The highest BCUT2D eigenvalue weighted by Crippen LogP contribution is 2.20. The van der Waals surface area contributed by atoms with Crippen LogP contribution < -0.4 is 0 Å². The van der Waals surface area contributed by atoms with Crippen molar-refractivity contribution in [2.24, 2.45) is 0 Å². The summed E-state index contributed by atoms with van der Waals surface area (Å²) in [7, 11) is 2.22. The standard InChI is InChI=1S/C24H42O6S2/c1-2-3-4-5-6-7-8-9-10-11-12-13-14-15-16-17-23(27)29-18-19-30-24(28)21-32-31-20-22(25)26/h9-10H,2-8,11-21H2,1H3,(H,25,26)/b10-9-. The van der Waals surface area contributed by atoms with Crippen molar-refractivity contribution in [3.05, 3.63) is 12.2 Å². The molecule has 0 rings (SSSR count). The van der Waals surface area contributed by atoms with Crippen molar-refractivity contribution in [1.29, 1.82) is 0 Å². The summed E-state index contributed by atoms with van der Waals surface area (Å²) in [5.41, 5.74) is 0. The van der Waals surface area contributed by atoms with E-state index in [2.05, 4.69) is 19.1 Å². The Hall–Kier alpha value is -1.15. The Morgan fingerprint density at radius 3 is 1.78 bits per heavy atom. The first-order chi connectivity index (χ1) is 15.6. The molecular formula is C24H42O6S2. The van der Waals surface area contributed by atoms with E-state index >= 15 is 0 Å². The van der Waals surface area contributed by atoms with Gasteiger partial charge in [-0.3, -0.25) is 14.4 Å².